The molecule has 3 heteroatoms. The van der Waals surface area contributed by atoms with E-state index in [4.69, 9.17) is 5.26 Å². The molecule has 1 aromatic heterocycles. The zero-order valence-corrected chi connectivity index (χ0v) is 7.23. The van der Waals surface area contributed by atoms with Gasteiger partial charge in [-0.3, -0.25) is 0 Å². The Balaban J connectivity index is 2.95. The minimum Gasteiger partial charge on any atom is -0.391 e. The van der Waals surface area contributed by atoms with Crippen molar-refractivity contribution in [2.75, 3.05) is 0 Å². The highest BCUT2D eigenvalue weighted by Crippen LogP contribution is 2.14. The summed E-state index contributed by atoms with van der Waals surface area (Å²) in [6, 6.07) is 5.55. The van der Waals surface area contributed by atoms with Gasteiger partial charge in [0, 0.05) is 6.20 Å². The smallest absolute Gasteiger partial charge is 0.120 e. The van der Waals surface area contributed by atoms with E-state index >= 15 is 0 Å². The van der Waals surface area contributed by atoms with Crippen molar-refractivity contribution >= 4 is 0 Å². The molecule has 0 fully saturated rings. The molecule has 0 spiro atoms. The van der Waals surface area contributed by atoms with Crippen LogP contribution < -0.4 is 0 Å². The second-order valence-corrected chi connectivity index (χ2v) is 2.89. The summed E-state index contributed by atoms with van der Waals surface area (Å²) >= 11 is 0. The monoisotopic (exact) mass is 164 g/mol. The third-order valence-corrected chi connectivity index (χ3v) is 2.03. The average Bonchev–Trinajstić information content (AvgIpc) is 2.49. The van der Waals surface area contributed by atoms with Gasteiger partial charge in [0.1, 0.15) is 11.8 Å². The van der Waals surface area contributed by atoms with Crippen molar-refractivity contribution in [3.8, 4) is 6.07 Å². The molecule has 1 N–H and O–H groups in total. The lowest BCUT2D eigenvalue weighted by Crippen LogP contribution is -2.18. The maximum atomic E-state index is 9.28. The average molecular weight is 164 g/mol. The van der Waals surface area contributed by atoms with Crippen LogP contribution in [0.5, 0.6) is 0 Å². The van der Waals surface area contributed by atoms with E-state index in [2.05, 4.69) is 6.07 Å². The van der Waals surface area contributed by atoms with Crippen LogP contribution in [0.1, 0.15) is 25.6 Å². The molecule has 1 aromatic rings. The molecule has 0 radical (unpaired) electrons. The standard InChI is InChI=1S/C9H12N2O/c1-7(8(2)12)11-5-3-4-9(11)6-10/h3-5,7-8,12H,1-2H3. The van der Waals surface area contributed by atoms with Crippen molar-refractivity contribution in [2.24, 2.45) is 0 Å². The van der Waals surface area contributed by atoms with Crippen molar-refractivity contribution in [1.82, 2.24) is 4.57 Å². The first-order chi connectivity index (χ1) is 5.66. The van der Waals surface area contributed by atoms with Crippen LogP contribution in [-0.4, -0.2) is 15.8 Å². The van der Waals surface area contributed by atoms with Crippen molar-refractivity contribution in [3.05, 3.63) is 24.0 Å². The van der Waals surface area contributed by atoms with Crippen LogP contribution in [0.4, 0.5) is 0 Å². The van der Waals surface area contributed by atoms with E-state index in [1.807, 2.05) is 6.92 Å². The lowest BCUT2D eigenvalue weighted by Gasteiger charge is -2.17. The van der Waals surface area contributed by atoms with Gasteiger partial charge in [-0.2, -0.15) is 5.26 Å². The van der Waals surface area contributed by atoms with Gasteiger partial charge >= 0.3 is 0 Å². The quantitative estimate of drug-likeness (QED) is 0.716. The van der Waals surface area contributed by atoms with E-state index in [-0.39, 0.29) is 6.04 Å². The molecule has 12 heavy (non-hydrogen) atoms. The SMILES string of the molecule is CC(O)C(C)n1cccc1C#N. The predicted octanol–water partition coefficient (Wildman–Crippen LogP) is 1.30. The molecule has 0 saturated heterocycles. The van der Waals surface area contributed by atoms with Crippen molar-refractivity contribution in [1.29, 1.82) is 5.26 Å². The van der Waals surface area contributed by atoms with E-state index in [1.54, 1.807) is 29.8 Å². The van der Waals surface area contributed by atoms with Crippen molar-refractivity contribution < 1.29 is 5.11 Å². The minimum atomic E-state index is -0.440. The lowest BCUT2D eigenvalue weighted by atomic mass is 10.2. The number of hydrogen-bond acceptors (Lipinski definition) is 2. The summed E-state index contributed by atoms with van der Waals surface area (Å²) in [5, 5.41) is 18.0. The van der Waals surface area contributed by atoms with E-state index < -0.39 is 6.10 Å². The molecule has 0 aliphatic heterocycles. The minimum absolute atomic E-state index is 0.0466. The zero-order valence-electron chi connectivity index (χ0n) is 7.23. The lowest BCUT2D eigenvalue weighted by molar-refractivity contribution is 0.139. The fourth-order valence-electron chi connectivity index (χ4n) is 1.08. The van der Waals surface area contributed by atoms with Crippen LogP contribution in [0.15, 0.2) is 18.3 Å². The van der Waals surface area contributed by atoms with Gasteiger partial charge in [0.25, 0.3) is 0 Å². The number of nitrogens with zero attached hydrogens (tertiary/aromatic N) is 2. The van der Waals surface area contributed by atoms with Crippen LogP contribution in [0.25, 0.3) is 0 Å². The third kappa shape index (κ3) is 1.49. The van der Waals surface area contributed by atoms with Gasteiger partial charge in [-0.15, -0.1) is 0 Å². The maximum absolute atomic E-state index is 9.28. The van der Waals surface area contributed by atoms with Gasteiger partial charge in [-0.1, -0.05) is 0 Å². The van der Waals surface area contributed by atoms with Gasteiger partial charge in [0.15, 0.2) is 0 Å². The van der Waals surface area contributed by atoms with Crippen molar-refractivity contribution in [2.45, 2.75) is 26.0 Å². The second kappa shape index (κ2) is 3.42. The highest BCUT2D eigenvalue weighted by molar-refractivity contribution is 5.22. The molecule has 0 bridgehead atoms. The summed E-state index contributed by atoms with van der Waals surface area (Å²) in [6.07, 6.45) is 1.36. The van der Waals surface area contributed by atoms with Gasteiger partial charge in [-0.05, 0) is 26.0 Å². The number of rotatable bonds is 2. The molecule has 0 amide bonds. The zero-order chi connectivity index (χ0) is 9.14. The Hall–Kier alpha value is -1.27. The van der Waals surface area contributed by atoms with Crippen LogP contribution in [0.3, 0.4) is 0 Å². The van der Waals surface area contributed by atoms with Crippen LogP contribution in [0.2, 0.25) is 0 Å². The first kappa shape index (κ1) is 8.82. The van der Waals surface area contributed by atoms with E-state index in [1.165, 1.54) is 0 Å². The highest BCUT2D eigenvalue weighted by atomic mass is 16.3. The largest absolute Gasteiger partial charge is 0.391 e. The van der Waals surface area contributed by atoms with E-state index in [0.717, 1.165) is 0 Å². The normalized spacial score (nSPS) is 15.2. The van der Waals surface area contributed by atoms with Gasteiger partial charge in [-0.25, -0.2) is 0 Å². The molecule has 3 nitrogen and oxygen atoms in total. The van der Waals surface area contributed by atoms with Crippen LogP contribution >= 0.6 is 0 Å². The second-order valence-electron chi connectivity index (χ2n) is 2.89. The molecule has 0 aromatic carbocycles. The Morgan fingerprint density at radius 3 is 2.75 bits per heavy atom. The first-order valence-electron chi connectivity index (χ1n) is 3.92. The molecule has 2 unspecified atom stereocenters. The number of aromatic nitrogens is 1. The molecular formula is C9H12N2O. The molecule has 1 rings (SSSR count). The Kier molecular flexibility index (Phi) is 2.51. The fourth-order valence-corrected chi connectivity index (χ4v) is 1.08. The number of aliphatic hydroxyl groups is 1. The summed E-state index contributed by atoms with van der Waals surface area (Å²) in [5.41, 5.74) is 0.586. The summed E-state index contributed by atoms with van der Waals surface area (Å²) in [7, 11) is 0. The molecule has 2 atom stereocenters. The topological polar surface area (TPSA) is 49.0 Å². The molecule has 0 aliphatic rings. The van der Waals surface area contributed by atoms with Gasteiger partial charge < -0.3 is 9.67 Å². The van der Waals surface area contributed by atoms with E-state index in [0.29, 0.717) is 5.69 Å². The Bertz CT molecular complexity index is 296. The Morgan fingerprint density at radius 1 is 1.58 bits per heavy atom. The molecule has 0 saturated carbocycles. The number of hydrogen-bond donors (Lipinski definition) is 1. The summed E-state index contributed by atoms with van der Waals surface area (Å²) < 4.78 is 1.77. The number of aliphatic hydroxyl groups excluding tert-OH is 1. The van der Waals surface area contributed by atoms with Crippen LogP contribution in [-0.2, 0) is 0 Å². The summed E-state index contributed by atoms with van der Waals surface area (Å²) in [5.74, 6) is 0. The van der Waals surface area contributed by atoms with Crippen LogP contribution in [0, 0.1) is 11.3 Å². The summed E-state index contributed by atoms with van der Waals surface area (Å²) in [4.78, 5) is 0. The van der Waals surface area contributed by atoms with E-state index in [9.17, 15) is 5.11 Å². The maximum Gasteiger partial charge on any atom is 0.120 e. The number of nitriles is 1. The Labute approximate surface area is 71.9 Å². The molecular weight excluding hydrogens is 152 g/mol. The molecule has 0 aliphatic carbocycles. The summed E-state index contributed by atoms with van der Waals surface area (Å²) in [6.45, 7) is 3.59. The molecule has 64 valence electrons. The van der Waals surface area contributed by atoms with Gasteiger partial charge in [0.05, 0.1) is 12.1 Å². The van der Waals surface area contributed by atoms with Crippen molar-refractivity contribution in [3.63, 3.8) is 0 Å². The predicted molar refractivity (Wildman–Crippen MR) is 45.5 cm³/mol. The van der Waals surface area contributed by atoms with Gasteiger partial charge in [0.2, 0.25) is 0 Å². The fraction of sp³-hybridized carbons (Fsp3) is 0.444. The molecule has 1 heterocycles. The Morgan fingerprint density at radius 2 is 2.25 bits per heavy atom. The third-order valence-electron chi connectivity index (χ3n) is 2.03. The first-order valence-corrected chi connectivity index (χ1v) is 3.92. The highest BCUT2D eigenvalue weighted by Gasteiger charge is 2.12.